The number of rotatable bonds is 5. The Morgan fingerprint density at radius 2 is 1.91 bits per heavy atom. The molecule has 3 rings (SSSR count). The largest absolute Gasteiger partial charge is 0.416 e. The summed E-state index contributed by atoms with van der Waals surface area (Å²) in [5.41, 5.74) is -0.499. The van der Waals surface area contributed by atoms with Gasteiger partial charge >= 0.3 is 6.18 Å². The Kier molecular flexibility index (Phi) is 4.43. The van der Waals surface area contributed by atoms with Crippen molar-refractivity contribution >= 4 is 17.2 Å². The van der Waals surface area contributed by atoms with Crippen molar-refractivity contribution in [3.63, 3.8) is 0 Å². The van der Waals surface area contributed by atoms with E-state index in [0.717, 1.165) is 23.8 Å². The van der Waals surface area contributed by atoms with Crippen LogP contribution in [0.2, 0.25) is 0 Å². The maximum absolute atomic E-state index is 13.1. The van der Waals surface area contributed by atoms with Gasteiger partial charge in [0.1, 0.15) is 0 Å². The number of hydrogen-bond acceptors (Lipinski definition) is 2. The van der Waals surface area contributed by atoms with Crippen LogP contribution in [-0.2, 0) is 23.9 Å². The number of thiophene rings is 1. The Bertz CT molecular complexity index is 677. The van der Waals surface area contributed by atoms with Gasteiger partial charge in [-0.15, -0.1) is 11.3 Å². The van der Waals surface area contributed by atoms with E-state index in [0.29, 0.717) is 0 Å². The second-order valence-corrected chi connectivity index (χ2v) is 6.70. The number of halogens is 3. The molecule has 1 aromatic carbocycles. The molecule has 6 heteroatoms. The molecule has 23 heavy (non-hydrogen) atoms. The van der Waals surface area contributed by atoms with Gasteiger partial charge in [-0.2, -0.15) is 13.2 Å². The second kappa shape index (κ2) is 6.35. The Morgan fingerprint density at radius 3 is 2.52 bits per heavy atom. The first-order valence-electron chi connectivity index (χ1n) is 7.42. The molecule has 1 aliphatic carbocycles. The average molecular weight is 339 g/mol. The molecule has 0 saturated heterocycles. The third kappa shape index (κ3) is 3.93. The molecule has 1 aliphatic rings. The fraction of sp³-hybridized carbons (Fsp3) is 0.353. The van der Waals surface area contributed by atoms with Crippen molar-refractivity contribution in [3.8, 4) is 0 Å². The van der Waals surface area contributed by atoms with Crippen molar-refractivity contribution < 1.29 is 18.0 Å². The molecule has 0 aliphatic heterocycles. The van der Waals surface area contributed by atoms with Gasteiger partial charge in [0, 0.05) is 17.5 Å². The van der Waals surface area contributed by atoms with Crippen LogP contribution in [0.5, 0.6) is 0 Å². The number of amides is 1. The minimum atomic E-state index is -4.40. The summed E-state index contributed by atoms with van der Waals surface area (Å²) in [6, 6.07) is 9.30. The van der Waals surface area contributed by atoms with E-state index in [4.69, 9.17) is 0 Å². The average Bonchev–Trinajstić information content (AvgIpc) is 3.21. The van der Waals surface area contributed by atoms with E-state index in [-0.39, 0.29) is 30.5 Å². The van der Waals surface area contributed by atoms with Gasteiger partial charge in [0.2, 0.25) is 5.91 Å². The zero-order chi connectivity index (χ0) is 16.4. The molecule has 0 unspecified atom stereocenters. The summed E-state index contributed by atoms with van der Waals surface area (Å²) in [5.74, 6) is -0.105. The van der Waals surface area contributed by atoms with E-state index < -0.39 is 11.7 Å². The molecule has 0 bridgehead atoms. The van der Waals surface area contributed by atoms with E-state index in [2.05, 4.69) is 0 Å². The number of hydrogen-bond donors (Lipinski definition) is 0. The van der Waals surface area contributed by atoms with Crippen LogP contribution in [0.1, 0.15) is 28.8 Å². The first-order chi connectivity index (χ1) is 10.9. The fourth-order valence-corrected chi connectivity index (χ4v) is 3.28. The second-order valence-electron chi connectivity index (χ2n) is 5.66. The van der Waals surface area contributed by atoms with E-state index in [9.17, 15) is 18.0 Å². The van der Waals surface area contributed by atoms with Gasteiger partial charge in [-0.3, -0.25) is 4.79 Å². The molecule has 1 heterocycles. The monoisotopic (exact) mass is 339 g/mol. The maximum Gasteiger partial charge on any atom is 0.416 e. The SMILES string of the molecule is O=C(Cc1cccs1)N(Cc1ccccc1C(F)(F)F)C1CC1. The molecule has 1 aromatic heterocycles. The molecule has 122 valence electrons. The number of carbonyl (C=O) groups excluding carboxylic acids is 1. The van der Waals surface area contributed by atoms with Crippen LogP contribution in [0, 0.1) is 0 Å². The van der Waals surface area contributed by atoms with Gasteiger partial charge < -0.3 is 4.90 Å². The van der Waals surface area contributed by atoms with Crippen LogP contribution in [0.15, 0.2) is 41.8 Å². The highest BCUT2D eigenvalue weighted by atomic mass is 32.1. The third-order valence-corrected chi connectivity index (χ3v) is 4.75. The van der Waals surface area contributed by atoms with Crippen LogP contribution >= 0.6 is 11.3 Å². The lowest BCUT2D eigenvalue weighted by molar-refractivity contribution is -0.140. The van der Waals surface area contributed by atoms with Gasteiger partial charge in [0.05, 0.1) is 12.0 Å². The predicted octanol–water partition coefficient (Wildman–Crippen LogP) is 4.50. The van der Waals surface area contributed by atoms with Crippen LogP contribution in [-0.4, -0.2) is 16.8 Å². The summed E-state index contributed by atoms with van der Waals surface area (Å²) in [4.78, 5) is 15.0. The highest BCUT2D eigenvalue weighted by Crippen LogP contribution is 2.35. The van der Waals surface area contributed by atoms with Gasteiger partial charge in [-0.1, -0.05) is 24.3 Å². The smallest absolute Gasteiger partial charge is 0.335 e. The summed E-state index contributed by atoms with van der Waals surface area (Å²) in [6.45, 7) is 0.0184. The van der Waals surface area contributed by atoms with Crippen molar-refractivity contribution in [2.24, 2.45) is 0 Å². The summed E-state index contributed by atoms with van der Waals surface area (Å²) in [7, 11) is 0. The molecule has 2 aromatic rings. The number of benzene rings is 1. The molecular weight excluding hydrogens is 323 g/mol. The van der Waals surface area contributed by atoms with Crippen LogP contribution < -0.4 is 0 Å². The Morgan fingerprint density at radius 1 is 1.17 bits per heavy atom. The summed E-state index contributed by atoms with van der Waals surface area (Å²) < 4.78 is 39.4. The molecule has 1 amide bonds. The first kappa shape index (κ1) is 16.1. The van der Waals surface area contributed by atoms with Gasteiger partial charge in [0.25, 0.3) is 0 Å². The first-order valence-corrected chi connectivity index (χ1v) is 8.30. The highest BCUT2D eigenvalue weighted by Gasteiger charge is 2.36. The van der Waals surface area contributed by atoms with Gasteiger partial charge in [-0.25, -0.2) is 0 Å². The zero-order valence-electron chi connectivity index (χ0n) is 12.3. The lowest BCUT2D eigenvalue weighted by Crippen LogP contribution is -2.34. The molecule has 1 fully saturated rings. The standard InChI is InChI=1S/C17H16F3NOS/c18-17(19,20)15-6-2-1-4-12(15)11-21(13-7-8-13)16(22)10-14-5-3-9-23-14/h1-6,9,13H,7-8,10-11H2. The molecule has 0 radical (unpaired) electrons. The van der Waals surface area contributed by atoms with Crippen LogP contribution in [0.3, 0.4) is 0 Å². The van der Waals surface area contributed by atoms with Crippen molar-refractivity contribution in [2.75, 3.05) is 0 Å². The van der Waals surface area contributed by atoms with Crippen molar-refractivity contribution in [2.45, 2.75) is 38.0 Å². The van der Waals surface area contributed by atoms with Gasteiger partial charge in [0.15, 0.2) is 0 Å². The van der Waals surface area contributed by atoms with Crippen LogP contribution in [0.4, 0.5) is 13.2 Å². The van der Waals surface area contributed by atoms with E-state index in [1.165, 1.54) is 23.5 Å². The molecular formula is C17H16F3NOS. The number of nitrogens with zero attached hydrogens (tertiary/aromatic N) is 1. The molecule has 0 N–H and O–H groups in total. The quantitative estimate of drug-likeness (QED) is 0.785. The third-order valence-electron chi connectivity index (χ3n) is 3.88. The number of alkyl halides is 3. The molecule has 0 atom stereocenters. The maximum atomic E-state index is 13.1. The summed E-state index contributed by atoms with van der Waals surface area (Å²) in [6.07, 6.45) is -2.42. The minimum Gasteiger partial charge on any atom is -0.335 e. The van der Waals surface area contributed by atoms with Crippen molar-refractivity contribution in [3.05, 3.63) is 57.8 Å². The molecule has 2 nitrogen and oxygen atoms in total. The summed E-state index contributed by atoms with van der Waals surface area (Å²) in [5, 5.41) is 1.89. The zero-order valence-corrected chi connectivity index (χ0v) is 13.2. The van der Waals surface area contributed by atoms with E-state index in [1.54, 1.807) is 11.0 Å². The number of carbonyl (C=O) groups is 1. The van der Waals surface area contributed by atoms with Gasteiger partial charge in [-0.05, 0) is 35.9 Å². The fourth-order valence-electron chi connectivity index (χ4n) is 2.59. The molecule has 0 spiro atoms. The normalized spacial score (nSPS) is 14.7. The predicted molar refractivity (Wildman–Crippen MR) is 83.0 cm³/mol. The summed E-state index contributed by atoms with van der Waals surface area (Å²) >= 11 is 1.49. The van der Waals surface area contributed by atoms with Crippen molar-refractivity contribution in [1.82, 2.24) is 4.90 Å². The lowest BCUT2D eigenvalue weighted by Gasteiger charge is -2.24. The van der Waals surface area contributed by atoms with Crippen molar-refractivity contribution in [1.29, 1.82) is 0 Å². The van der Waals surface area contributed by atoms with E-state index >= 15 is 0 Å². The highest BCUT2D eigenvalue weighted by molar-refractivity contribution is 7.10. The van der Waals surface area contributed by atoms with E-state index in [1.807, 2.05) is 17.5 Å². The Hall–Kier alpha value is -1.82. The Labute approximate surface area is 136 Å². The topological polar surface area (TPSA) is 20.3 Å². The minimum absolute atomic E-state index is 0.0184. The Balaban J connectivity index is 1.80. The van der Waals surface area contributed by atoms with Crippen LogP contribution in [0.25, 0.3) is 0 Å². The molecule has 1 saturated carbocycles. The lowest BCUT2D eigenvalue weighted by atomic mass is 10.1.